The minimum absolute atomic E-state index is 0.111. The standard InChI is InChI=1S/C21H22ClN3O/c1-14-9-11-17(12-10-14)13-25-20(22)19(16(3)24-25)21(26)23-15(2)18-7-5-4-6-8-18/h4-12,15H,13H2,1-3H3,(H,23,26)/t15-/m0/s1. The van der Waals surface area contributed by atoms with Crippen LogP contribution in [0.4, 0.5) is 0 Å². The van der Waals surface area contributed by atoms with Crippen LogP contribution in [0.1, 0.15) is 45.7 Å². The summed E-state index contributed by atoms with van der Waals surface area (Å²) in [4.78, 5) is 12.7. The van der Waals surface area contributed by atoms with E-state index in [0.717, 1.165) is 11.1 Å². The van der Waals surface area contributed by atoms with Crippen molar-refractivity contribution < 1.29 is 4.79 Å². The van der Waals surface area contributed by atoms with Crippen LogP contribution in [0.5, 0.6) is 0 Å². The zero-order valence-electron chi connectivity index (χ0n) is 15.2. The summed E-state index contributed by atoms with van der Waals surface area (Å²) in [5, 5.41) is 7.82. The Morgan fingerprint density at radius 2 is 1.77 bits per heavy atom. The summed E-state index contributed by atoms with van der Waals surface area (Å²) in [6.07, 6.45) is 0. The van der Waals surface area contributed by atoms with Crippen molar-refractivity contribution in [3.05, 3.63) is 87.7 Å². The number of halogens is 1. The summed E-state index contributed by atoms with van der Waals surface area (Å²) in [6, 6.07) is 17.9. The molecule has 26 heavy (non-hydrogen) atoms. The Kier molecular flexibility index (Phi) is 5.43. The number of nitrogens with zero attached hydrogens (tertiary/aromatic N) is 2. The first-order valence-corrected chi connectivity index (χ1v) is 8.97. The fraction of sp³-hybridized carbons (Fsp3) is 0.238. The molecule has 0 spiro atoms. The van der Waals surface area contributed by atoms with E-state index < -0.39 is 0 Å². The third-order valence-corrected chi connectivity index (χ3v) is 4.78. The molecule has 1 amide bonds. The summed E-state index contributed by atoms with van der Waals surface area (Å²) in [5.74, 6) is -0.209. The molecular weight excluding hydrogens is 346 g/mol. The molecule has 1 aromatic heterocycles. The molecule has 3 rings (SSSR count). The monoisotopic (exact) mass is 367 g/mol. The number of aromatic nitrogens is 2. The maximum atomic E-state index is 12.7. The predicted octanol–water partition coefficient (Wildman–Crippen LogP) is 4.69. The van der Waals surface area contributed by atoms with Crippen molar-refractivity contribution in [2.75, 3.05) is 0 Å². The van der Waals surface area contributed by atoms with Crippen LogP contribution in [0.15, 0.2) is 54.6 Å². The number of amides is 1. The fourth-order valence-corrected chi connectivity index (χ4v) is 3.20. The number of nitrogens with one attached hydrogen (secondary N) is 1. The number of hydrogen-bond acceptors (Lipinski definition) is 2. The van der Waals surface area contributed by atoms with Crippen LogP contribution >= 0.6 is 11.6 Å². The van der Waals surface area contributed by atoms with E-state index >= 15 is 0 Å². The molecule has 0 aliphatic rings. The summed E-state index contributed by atoms with van der Waals surface area (Å²) >= 11 is 6.47. The van der Waals surface area contributed by atoms with Gasteiger partial charge in [0.25, 0.3) is 5.91 Å². The molecule has 4 nitrogen and oxygen atoms in total. The van der Waals surface area contributed by atoms with Crippen LogP contribution in [0.3, 0.4) is 0 Å². The first-order chi connectivity index (χ1) is 12.5. The highest BCUT2D eigenvalue weighted by Gasteiger charge is 2.22. The first-order valence-electron chi connectivity index (χ1n) is 8.60. The Labute approximate surface area is 158 Å². The molecule has 1 atom stereocenters. The van der Waals surface area contributed by atoms with Gasteiger partial charge in [-0.2, -0.15) is 5.10 Å². The second-order valence-corrected chi connectivity index (χ2v) is 6.86. The molecule has 0 radical (unpaired) electrons. The Morgan fingerprint density at radius 3 is 2.42 bits per heavy atom. The summed E-state index contributed by atoms with van der Waals surface area (Å²) in [5.41, 5.74) is 4.39. The molecule has 0 unspecified atom stereocenters. The Hall–Kier alpha value is -2.59. The van der Waals surface area contributed by atoms with E-state index in [-0.39, 0.29) is 11.9 Å². The van der Waals surface area contributed by atoms with E-state index in [1.54, 1.807) is 11.6 Å². The lowest BCUT2D eigenvalue weighted by Gasteiger charge is -2.14. The molecule has 1 N–H and O–H groups in total. The Morgan fingerprint density at radius 1 is 1.12 bits per heavy atom. The lowest BCUT2D eigenvalue weighted by molar-refractivity contribution is 0.0939. The maximum absolute atomic E-state index is 12.7. The van der Waals surface area contributed by atoms with E-state index in [9.17, 15) is 4.79 Å². The Bertz CT molecular complexity index is 901. The van der Waals surface area contributed by atoms with E-state index in [0.29, 0.717) is 23.0 Å². The fourth-order valence-electron chi connectivity index (χ4n) is 2.88. The van der Waals surface area contributed by atoms with Crippen LogP contribution in [0, 0.1) is 13.8 Å². The molecular formula is C21H22ClN3O. The van der Waals surface area contributed by atoms with E-state index in [2.05, 4.69) is 22.5 Å². The topological polar surface area (TPSA) is 46.9 Å². The van der Waals surface area contributed by atoms with Crippen molar-refractivity contribution in [2.24, 2.45) is 0 Å². The van der Waals surface area contributed by atoms with Crippen LogP contribution in [0.2, 0.25) is 5.15 Å². The van der Waals surface area contributed by atoms with Crippen LogP contribution in [0.25, 0.3) is 0 Å². The lowest BCUT2D eigenvalue weighted by Crippen LogP contribution is -2.27. The van der Waals surface area contributed by atoms with Crippen LogP contribution in [-0.4, -0.2) is 15.7 Å². The molecule has 0 saturated carbocycles. The zero-order chi connectivity index (χ0) is 18.7. The Balaban J connectivity index is 1.78. The molecule has 0 saturated heterocycles. The van der Waals surface area contributed by atoms with E-state index in [4.69, 9.17) is 11.6 Å². The number of rotatable bonds is 5. The predicted molar refractivity (Wildman–Crippen MR) is 105 cm³/mol. The number of aryl methyl sites for hydroxylation is 2. The minimum Gasteiger partial charge on any atom is -0.345 e. The number of carbonyl (C=O) groups is 1. The van der Waals surface area contributed by atoms with Gasteiger partial charge in [-0.1, -0.05) is 71.8 Å². The molecule has 0 fully saturated rings. The highest BCUT2D eigenvalue weighted by atomic mass is 35.5. The average molecular weight is 368 g/mol. The normalized spacial score (nSPS) is 12.0. The maximum Gasteiger partial charge on any atom is 0.256 e. The van der Waals surface area contributed by atoms with Gasteiger partial charge in [-0.15, -0.1) is 0 Å². The molecule has 2 aromatic carbocycles. The van der Waals surface area contributed by atoms with Crippen molar-refractivity contribution >= 4 is 17.5 Å². The van der Waals surface area contributed by atoms with Gasteiger partial charge in [0.15, 0.2) is 0 Å². The third kappa shape index (κ3) is 3.97. The van der Waals surface area contributed by atoms with Crippen molar-refractivity contribution in [1.82, 2.24) is 15.1 Å². The lowest BCUT2D eigenvalue weighted by atomic mass is 10.1. The van der Waals surface area contributed by atoms with E-state index in [1.807, 2.05) is 56.3 Å². The van der Waals surface area contributed by atoms with Gasteiger partial charge in [0.1, 0.15) is 5.15 Å². The molecule has 1 heterocycles. The summed E-state index contributed by atoms with van der Waals surface area (Å²) < 4.78 is 1.67. The van der Waals surface area contributed by atoms with Gasteiger partial charge in [-0.3, -0.25) is 4.79 Å². The molecule has 0 aliphatic carbocycles. The summed E-state index contributed by atoms with van der Waals surface area (Å²) in [6.45, 7) is 6.33. The molecule has 5 heteroatoms. The van der Waals surface area contributed by atoms with Gasteiger partial charge < -0.3 is 5.32 Å². The van der Waals surface area contributed by atoms with Crippen molar-refractivity contribution in [3.8, 4) is 0 Å². The number of hydrogen-bond donors (Lipinski definition) is 1. The SMILES string of the molecule is Cc1ccc(Cn2nc(C)c(C(=O)N[C@@H](C)c3ccccc3)c2Cl)cc1. The van der Waals surface area contributed by atoms with Gasteiger partial charge in [-0.25, -0.2) is 4.68 Å². The molecule has 0 bridgehead atoms. The quantitative estimate of drug-likeness (QED) is 0.710. The van der Waals surface area contributed by atoms with Gasteiger partial charge in [0, 0.05) is 0 Å². The first kappa shape index (κ1) is 18.2. The van der Waals surface area contributed by atoms with Crippen molar-refractivity contribution in [1.29, 1.82) is 0 Å². The molecule has 3 aromatic rings. The van der Waals surface area contributed by atoms with Gasteiger partial charge in [-0.05, 0) is 31.9 Å². The minimum atomic E-state index is -0.209. The molecule has 134 valence electrons. The van der Waals surface area contributed by atoms with Gasteiger partial charge >= 0.3 is 0 Å². The number of benzene rings is 2. The highest BCUT2D eigenvalue weighted by molar-refractivity contribution is 6.33. The summed E-state index contributed by atoms with van der Waals surface area (Å²) in [7, 11) is 0. The smallest absolute Gasteiger partial charge is 0.256 e. The third-order valence-electron chi connectivity index (χ3n) is 4.39. The van der Waals surface area contributed by atoms with E-state index in [1.165, 1.54) is 5.56 Å². The van der Waals surface area contributed by atoms with Crippen LogP contribution in [-0.2, 0) is 6.54 Å². The van der Waals surface area contributed by atoms with Gasteiger partial charge in [0.05, 0.1) is 23.8 Å². The molecule has 0 aliphatic heterocycles. The zero-order valence-corrected chi connectivity index (χ0v) is 15.9. The second kappa shape index (κ2) is 7.75. The average Bonchev–Trinajstić information content (AvgIpc) is 2.91. The second-order valence-electron chi connectivity index (χ2n) is 6.50. The number of carbonyl (C=O) groups excluding carboxylic acids is 1. The van der Waals surface area contributed by atoms with Gasteiger partial charge in [0.2, 0.25) is 0 Å². The van der Waals surface area contributed by atoms with Crippen molar-refractivity contribution in [2.45, 2.75) is 33.4 Å². The van der Waals surface area contributed by atoms with Crippen molar-refractivity contribution in [3.63, 3.8) is 0 Å². The highest BCUT2D eigenvalue weighted by Crippen LogP contribution is 2.22. The largest absolute Gasteiger partial charge is 0.345 e. The van der Waals surface area contributed by atoms with Crippen LogP contribution < -0.4 is 5.32 Å².